The lowest BCUT2D eigenvalue weighted by molar-refractivity contribution is -0.118. The van der Waals surface area contributed by atoms with Gasteiger partial charge in [-0.3, -0.25) is 4.79 Å². The van der Waals surface area contributed by atoms with Crippen LogP contribution in [0, 0.1) is 0 Å². The number of benzene rings is 1. The van der Waals surface area contributed by atoms with Gasteiger partial charge in [0.15, 0.2) is 24.3 Å². The van der Waals surface area contributed by atoms with E-state index in [4.69, 9.17) is 5.73 Å². The van der Waals surface area contributed by atoms with Crippen LogP contribution < -0.4 is 5.73 Å². The van der Waals surface area contributed by atoms with E-state index in [1.807, 2.05) is 0 Å². The Hall–Kier alpha value is -1.41. The van der Waals surface area contributed by atoms with E-state index < -0.39 is 36.1 Å². The second kappa shape index (κ2) is 5.76. The van der Waals surface area contributed by atoms with Crippen LogP contribution in [-0.4, -0.2) is 38.8 Å². The van der Waals surface area contributed by atoms with Gasteiger partial charge in [-0.05, 0) is 12.0 Å². The number of rotatable bonds is 4. The highest BCUT2D eigenvalue weighted by Gasteiger charge is 2.45. The lowest BCUT2D eigenvalue weighted by Gasteiger charge is -2.28. The monoisotopic (exact) mass is 331 g/mol. The summed E-state index contributed by atoms with van der Waals surface area (Å²) in [7, 11) is -7.64. The Labute approximate surface area is 124 Å². The number of nitrogens with two attached hydrogens (primary N) is 1. The summed E-state index contributed by atoms with van der Waals surface area (Å²) in [6.07, 6.45) is -0.513. The highest BCUT2D eigenvalue weighted by atomic mass is 32.3. The lowest BCUT2D eigenvalue weighted by Crippen LogP contribution is -2.43. The minimum atomic E-state index is -3.82. The molecule has 0 unspecified atom stereocenters. The number of sulfone groups is 2. The van der Waals surface area contributed by atoms with Gasteiger partial charge in [0.05, 0.1) is 11.5 Å². The maximum absolute atomic E-state index is 12.3. The summed E-state index contributed by atoms with van der Waals surface area (Å²) in [5.41, 5.74) is 5.67. The minimum absolute atomic E-state index is 0.223. The predicted octanol–water partition coefficient (Wildman–Crippen LogP) is 0.205. The molecule has 1 aliphatic heterocycles. The fourth-order valence-electron chi connectivity index (χ4n) is 2.58. The molecule has 0 aromatic heterocycles. The smallest absolute Gasteiger partial charge is 0.217 e. The van der Waals surface area contributed by atoms with Crippen LogP contribution in [0.3, 0.4) is 0 Å². The first kappa shape index (κ1) is 16.0. The van der Waals surface area contributed by atoms with Gasteiger partial charge in [0.25, 0.3) is 0 Å². The summed E-state index contributed by atoms with van der Waals surface area (Å²) in [6.45, 7) is 0. The van der Waals surface area contributed by atoms with E-state index in [1.165, 1.54) is 0 Å². The van der Waals surface area contributed by atoms with Gasteiger partial charge in [-0.1, -0.05) is 30.3 Å². The first-order valence-corrected chi connectivity index (χ1v) is 9.92. The summed E-state index contributed by atoms with van der Waals surface area (Å²) in [5.74, 6) is -1.71. The Kier molecular flexibility index (Phi) is 4.38. The third-order valence-electron chi connectivity index (χ3n) is 3.57. The van der Waals surface area contributed by atoms with Crippen molar-refractivity contribution >= 4 is 25.6 Å². The van der Waals surface area contributed by atoms with Crippen molar-refractivity contribution < 1.29 is 21.6 Å². The Bertz CT molecular complexity index is 689. The van der Waals surface area contributed by atoms with E-state index in [1.54, 1.807) is 30.3 Å². The maximum atomic E-state index is 12.3. The SMILES string of the molecule is NC(=O)CCC1S(=O)(=O)CC(c2ccccc2)CS1(=O)=O. The van der Waals surface area contributed by atoms with Crippen molar-refractivity contribution in [1.29, 1.82) is 0 Å². The molecule has 0 spiro atoms. The first-order valence-electron chi connectivity index (χ1n) is 6.49. The molecule has 1 amide bonds. The Morgan fingerprint density at radius 3 is 2.05 bits per heavy atom. The van der Waals surface area contributed by atoms with Gasteiger partial charge in [-0.2, -0.15) is 0 Å². The molecule has 0 saturated carbocycles. The summed E-state index contributed by atoms with van der Waals surface area (Å²) in [5, 5.41) is 0. The van der Waals surface area contributed by atoms with Crippen LogP contribution in [0.2, 0.25) is 0 Å². The number of carbonyl (C=O) groups is 1. The molecule has 1 fully saturated rings. The predicted molar refractivity (Wildman–Crippen MR) is 79.0 cm³/mol. The van der Waals surface area contributed by atoms with Crippen LogP contribution in [0.1, 0.15) is 24.3 Å². The molecule has 1 aromatic rings. The number of hydrogen-bond donors (Lipinski definition) is 1. The standard InChI is InChI=1S/C13H17NO5S2/c14-12(15)6-7-13-20(16,17)8-11(9-21(13,18)19)10-4-2-1-3-5-10/h1-5,11,13H,6-9H2,(H2,14,15). The number of carbonyl (C=O) groups excluding carboxylic acids is 1. The zero-order valence-electron chi connectivity index (χ0n) is 11.3. The summed E-state index contributed by atoms with van der Waals surface area (Å²) in [4.78, 5) is 10.8. The third kappa shape index (κ3) is 3.62. The summed E-state index contributed by atoms with van der Waals surface area (Å²) >= 11 is 0. The molecule has 2 rings (SSSR count). The van der Waals surface area contributed by atoms with Crippen molar-refractivity contribution in [2.75, 3.05) is 11.5 Å². The number of hydrogen-bond acceptors (Lipinski definition) is 5. The molecule has 21 heavy (non-hydrogen) atoms. The largest absolute Gasteiger partial charge is 0.370 e. The van der Waals surface area contributed by atoms with Crippen molar-refractivity contribution in [1.82, 2.24) is 0 Å². The van der Waals surface area contributed by atoms with Gasteiger partial charge in [0.2, 0.25) is 5.91 Å². The van der Waals surface area contributed by atoms with Gasteiger partial charge in [-0.15, -0.1) is 0 Å². The van der Waals surface area contributed by atoms with E-state index in [0.29, 0.717) is 5.56 Å². The van der Waals surface area contributed by atoms with Crippen molar-refractivity contribution in [2.45, 2.75) is 23.3 Å². The molecule has 0 bridgehead atoms. The average Bonchev–Trinajstić information content (AvgIpc) is 2.36. The number of primary amides is 1. The molecule has 0 radical (unpaired) electrons. The molecule has 1 aromatic carbocycles. The lowest BCUT2D eigenvalue weighted by atomic mass is 10.0. The topological polar surface area (TPSA) is 111 Å². The van der Waals surface area contributed by atoms with Crippen molar-refractivity contribution in [3.05, 3.63) is 35.9 Å². The molecule has 1 aliphatic rings. The number of amides is 1. The Morgan fingerprint density at radius 2 is 1.57 bits per heavy atom. The van der Waals surface area contributed by atoms with E-state index in [0.717, 1.165) is 0 Å². The third-order valence-corrected chi connectivity index (χ3v) is 9.13. The van der Waals surface area contributed by atoms with Crippen molar-refractivity contribution in [3.63, 3.8) is 0 Å². The molecule has 1 heterocycles. The van der Waals surface area contributed by atoms with Crippen molar-refractivity contribution in [3.8, 4) is 0 Å². The van der Waals surface area contributed by atoms with Crippen LogP contribution in [0.4, 0.5) is 0 Å². The molecule has 2 N–H and O–H groups in total. The van der Waals surface area contributed by atoms with Gasteiger partial charge in [0.1, 0.15) is 0 Å². The van der Waals surface area contributed by atoms with Crippen LogP contribution in [-0.2, 0) is 24.5 Å². The molecule has 1 saturated heterocycles. The van der Waals surface area contributed by atoms with Gasteiger partial charge in [0, 0.05) is 12.3 Å². The summed E-state index contributed by atoms with van der Waals surface area (Å²) in [6, 6.07) is 8.71. The van der Waals surface area contributed by atoms with Crippen molar-refractivity contribution in [2.24, 2.45) is 5.73 Å². The second-order valence-electron chi connectivity index (χ2n) is 5.20. The maximum Gasteiger partial charge on any atom is 0.217 e. The second-order valence-corrected chi connectivity index (χ2v) is 9.96. The zero-order valence-corrected chi connectivity index (χ0v) is 12.9. The Balaban J connectivity index is 2.30. The fraction of sp³-hybridized carbons (Fsp3) is 0.462. The molecule has 0 atom stereocenters. The normalized spacial score (nSPS) is 27.0. The average molecular weight is 331 g/mol. The van der Waals surface area contributed by atoms with Crippen LogP contribution in [0.25, 0.3) is 0 Å². The van der Waals surface area contributed by atoms with E-state index in [9.17, 15) is 21.6 Å². The highest BCUT2D eigenvalue weighted by molar-refractivity contribution is 8.09. The van der Waals surface area contributed by atoms with E-state index >= 15 is 0 Å². The fourth-order valence-corrected chi connectivity index (χ4v) is 8.12. The van der Waals surface area contributed by atoms with Crippen LogP contribution in [0.5, 0.6) is 0 Å². The van der Waals surface area contributed by atoms with Gasteiger partial charge >= 0.3 is 0 Å². The molecule has 8 heteroatoms. The minimum Gasteiger partial charge on any atom is -0.370 e. The van der Waals surface area contributed by atoms with Crippen LogP contribution >= 0.6 is 0 Å². The first-order chi connectivity index (χ1) is 9.72. The molecular formula is C13H17NO5S2. The molecule has 0 aliphatic carbocycles. The molecule has 6 nitrogen and oxygen atoms in total. The van der Waals surface area contributed by atoms with Crippen LogP contribution in [0.15, 0.2) is 30.3 Å². The van der Waals surface area contributed by atoms with E-state index in [-0.39, 0.29) is 24.3 Å². The summed E-state index contributed by atoms with van der Waals surface area (Å²) < 4.78 is 47.5. The van der Waals surface area contributed by atoms with Gasteiger partial charge < -0.3 is 5.73 Å². The van der Waals surface area contributed by atoms with Gasteiger partial charge in [-0.25, -0.2) is 16.8 Å². The quantitative estimate of drug-likeness (QED) is 0.847. The Morgan fingerprint density at radius 1 is 1.05 bits per heavy atom. The molecule has 116 valence electrons. The highest BCUT2D eigenvalue weighted by Crippen LogP contribution is 2.32. The van der Waals surface area contributed by atoms with E-state index in [2.05, 4.69) is 0 Å². The molecular weight excluding hydrogens is 314 g/mol. The zero-order chi connectivity index (χ0) is 15.7.